The summed E-state index contributed by atoms with van der Waals surface area (Å²) in [7, 11) is 0. The fraction of sp³-hybridized carbons (Fsp3) is 0.500. The van der Waals surface area contributed by atoms with Crippen molar-refractivity contribution in [1.82, 2.24) is 10.3 Å². The average molecular weight is 236 g/mol. The molecule has 1 amide bonds. The van der Waals surface area contributed by atoms with Crippen molar-refractivity contribution in [2.45, 2.75) is 31.8 Å². The zero-order valence-electron chi connectivity index (χ0n) is 9.93. The molecular formula is C12H20N4O. The Morgan fingerprint density at radius 2 is 2.06 bits per heavy atom. The number of hydrogen-bond acceptors (Lipinski definition) is 4. The molecule has 0 saturated heterocycles. The summed E-state index contributed by atoms with van der Waals surface area (Å²) >= 11 is 0. The van der Waals surface area contributed by atoms with Crippen molar-refractivity contribution < 1.29 is 4.79 Å². The summed E-state index contributed by atoms with van der Waals surface area (Å²) in [6.45, 7) is 1.14. The van der Waals surface area contributed by atoms with Crippen LogP contribution in [0.4, 0.5) is 0 Å². The molecule has 0 aliphatic heterocycles. The molecule has 1 aromatic heterocycles. The van der Waals surface area contributed by atoms with E-state index in [2.05, 4.69) is 10.3 Å². The van der Waals surface area contributed by atoms with Gasteiger partial charge in [0.1, 0.15) is 0 Å². The highest BCUT2D eigenvalue weighted by atomic mass is 16.2. The number of pyridine rings is 1. The molecule has 5 N–H and O–H groups in total. The molecule has 0 fully saturated rings. The van der Waals surface area contributed by atoms with Gasteiger partial charge in [0, 0.05) is 18.9 Å². The molecule has 0 bridgehead atoms. The molecule has 17 heavy (non-hydrogen) atoms. The third-order valence-electron chi connectivity index (χ3n) is 2.52. The summed E-state index contributed by atoms with van der Waals surface area (Å²) in [6, 6.07) is 3.28. The maximum atomic E-state index is 11.6. The summed E-state index contributed by atoms with van der Waals surface area (Å²) in [5.74, 6) is -0.112. The standard InChI is InChI=1S/C12H20N4O/c13-6-2-1-3-11(14)12(17)16-9-10-4-7-15-8-5-10/h4-5,7-8,11H,1-3,6,9,13-14H2,(H,16,17)/t11-/m0/s1. The van der Waals surface area contributed by atoms with E-state index in [1.165, 1.54) is 0 Å². The van der Waals surface area contributed by atoms with Crippen LogP contribution in [0.1, 0.15) is 24.8 Å². The van der Waals surface area contributed by atoms with Crippen LogP contribution >= 0.6 is 0 Å². The molecule has 1 heterocycles. The largest absolute Gasteiger partial charge is 0.351 e. The van der Waals surface area contributed by atoms with Gasteiger partial charge < -0.3 is 16.8 Å². The van der Waals surface area contributed by atoms with E-state index in [0.29, 0.717) is 19.5 Å². The van der Waals surface area contributed by atoms with Gasteiger partial charge >= 0.3 is 0 Å². The Labute approximate surface area is 102 Å². The molecule has 0 spiro atoms. The van der Waals surface area contributed by atoms with Crippen LogP contribution in [0.25, 0.3) is 0 Å². The van der Waals surface area contributed by atoms with E-state index < -0.39 is 6.04 Å². The van der Waals surface area contributed by atoms with Gasteiger partial charge in [0.05, 0.1) is 6.04 Å². The van der Waals surface area contributed by atoms with E-state index in [-0.39, 0.29) is 5.91 Å². The van der Waals surface area contributed by atoms with Gasteiger partial charge in [-0.05, 0) is 37.1 Å². The Kier molecular flexibility index (Phi) is 6.21. The minimum absolute atomic E-state index is 0.112. The van der Waals surface area contributed by atoms with Crippen molar-refractivity contribution in [2.24, 2.45) is 11.5 Å². The number of carbonyl (C=O) groups excluding carboxylic acids is 1. The molecule has 0 aliphatic carbocycles. The number of nitrogens with two attached hydrogens (primary N) is 2. The van der Waals surface area contributed by atoms with E-state index in [0.717, 1.165) is 18.4 Å². The van der Waals surface area contributed by atoms with E-state index in [1.807, 2.05) is 12.1 Å². The smallest absolute Gasteiger partial charge is 0.237 e. The van der Waals surface area contributed by atoms with Gasteiger partial charge in [0.15, 0.2) is 0 Å². The van der Waals surface area contributed by atoms with Crippen LogP contribution < -0.4 is 16.8 Å². The number of amides is 1. The van der Waals surface area contributed by atoms with E-state index >= 15 is 0 Å². The van der Waals surface area contributed by atoms with E-state index in [1.54, 1.807) is 12.4 Å². The molecule has 0 aromatic carbocycles. The second-order valence-electron chi connectivity index (χ2n) is 3.96. The maximum Gasteiger partial charge on any atom is 0.237 e. The Balaban J connectivity index is 2.24. The van der Waals surface area contributed by atoms with Crippen LogP contribution in [-0.4, -0.2) is 23.5 Å². The Bertz CT molecular complexity index is 329. The minimum Gasteiger partial charge on any atom is -0.351 e. The van der Waals surface area contributed by atoms with Gasteiger partial charge in [-0.3, -0.25) is 9.78 Å². The van der Waals surface area contributed by atoms with Gasteiger partial charge in [-0.15, -0.1) is 0 Å². The van der Waals surface area contributed by atoms with Gasteiger partial charge in [-0.1, -0.05) is 6.42 Å². The molecule has 0 unspecified atom stereocenters. The summed E-state index contributed by atoms with van der Waals surface area (Å²) in [4.78, 5) is 15.5. The number of nitrogens with one attached hydrogen (secondary N) is 1. The molecule has 5 nitrogen and oxygen atoms in total. The summed E-state index contributed by atoms with van der Waals surface area (Å²) < 4.78 is 0. The van der Waals surface area contributed by atoms with E-state index in [9.17, 15) is 4.79 Å². The minimum atomic E-state index is -0.441. The summed E-state index contributed by atoms with van der Waals surface area (Å²) in [5, 5.41) is 2.80. The average Bonchev–Trinajstić information content (AvgIpc) is 2.37. The van der Waals surface area contributed by atoms with Crippen LogP contribution in [0.15, 0.2) is 24.5 Å². The molecule has 5 heteroatoms. The number of rotatable bonds is 7. The monoisotopic (exact) mass is 236 g/mol. The first-order chi connectivity index (χ1) is 8.24. The van der Waals surface area contributed by atoms with Crippen molar-refractivity contribution in [2.75, 3.05) is 6.54 Å². The lowest BCUT2D eigenvalue weighted by atomic mass is 10.1. The molecule has 0 radical (unpaired) electrons. The number of carbonyl (C=O) groups is 1. The normalized spacial score (nSPS) is 12.1. The van der Waals surface area contributed by atoms with Crippen molar-refractivity contribution in [1.29, 1.82) is 0 Å². The van der Waals surface area contributed by atoms with Crippen LogP contribution in [0.2, 0.25) is 0 Å². The maximum absolute atomic E-state index is 11.6. The van der Waals surface area contributed by atoms with Crippen LogP contribution in [0, 0.1) is 0 Å². The molecule has 94 valence electrons. The molecule has 1 rings (SSSR count). The van der Waals surface area contributed by atoms with Gasteiger partial charge in [-0.2, -0.15) is 0 Å². The SMILES string of the molecule is NCCCC[C@H](N)C(=O)NCc1ccncc1. The van der Waals surface area contributed by atoms with Crippen molar-refractivity contribution in [3.05, 3.63) is 30.1 Å². The second-order valence-corrected chi connectivity index (χ2v) is 3.96. The number of hydrogen-bond donors (Lipinski definition) is 3. The van der Waals surface area contributed by atoms with Crippen molar-refractivity contribution >= 4 is 5.91 Å². The highest BCUT2D eigenvalue weighted by molar-refractivity contribution is 5.81. The summed E-state index contributed by atoms with van der Waals surface area (Å²) in [5.41, 5.74) is 12.2. The van der Waals surface area contributed by atoms with E-state index in [4.69, 9.17) is 11.5 Å². The lowest BCUT2D eigenvalue weighted by molar-refractivity contribution is -0.122. The number of aromatic nitrogens is 1. The third-order valence-corrected chi connectivity index (χ3v) is 2.52. The second kappa shape index (κ2) is 7.76. The number of nitrogens with zero attached hydrogens (tertiary/aromatic N) is 1. The van der Waals surface area contributed by atoms with Crippen molar-refractivity contribution in [3.63, 3.8) is 0 Å². The molecule has 1 aromatic rings. The van der Waals surface area contributed by atoms with Crippen molar-refractivity contribution in [3.8, 4) is 0 Å². The number of unbranched alkanes of at least 4 members (excludes halogenated alkanes) is 1. The first-order valence-electron chi connectivity index (χ1n) is 5.86. The molecule has 0 aliphatic rings. The Hall–Kier alpha value is -1.46. The third kappa shape index (κ3) is 5.42. The zero-order valence-corrected chi connectivity index (χ0v) is 9.93. The first-order valence-corrected chi connectivity index (χ1v) is 5.86. The Morgan fingerprint density at radius 1 is 1.35 bits per heavy atom. The van der Waals surface area contributed by atoms with Crippen LogP contribution in [0.5, 0.6) is 0 Å². The fourth-order valence-corrected chi connectivity index (χ4v) is 1.46. The lowest BCUT2D eigenvalue weighted by Crippen LogP contribution is -2.40. The lowest BCUT2D eigenvalue weighted by Gasteiger charge is -2.11. The summed E-state index contributed by atoms with van der Waals surface area (Å²) in [6.07, 6.45) is 5.87. The molecule has 1 atom stereocenters. The quantitative estimate of drug-likeness (QED) is 0.587. The topological polar surface area (TPSA) is 94.0 Å². The first kappa shape index (κ1) is 13.6. The predicted molar refractivity (Wildman–Crippen MR) is 67.0 cm³/mol. The zero-order chi connectivity index (χ0) is 12.5. The highest BCUT2D eigenvalue weighted by Gasteiger charge is 2.11. The molecular weight excluding hydrogens is 216 g/mol. The van der Waals surface area contributed by atoms with Gasteiger partial charge in [0.2, 0.25) is 5.91 Å². The van der Waals surface area contributed by atoms with Crippen LogP contribution in [0.3, 0.4) is 0 Å². The Morgan fingerprint density at radius 3 is 2.71 bits per heavy atom. The van der Waals surface area contributed by atoms with Gasteiger partial charge in [-0.25, -0.2) is 0 Å². The highest BCUT2D eigenvalue weighted by Crippen LogP contribution is 1.99. The molecule has 0 saturated carbocycles. The fourth-order valence-electron chi connectivity index (χ4n) is 1.46. The predicted octanol–water partition coefficient (Wildman–Crippen LogP) is 0.154. The van der Waals surface area contributed by atoms with Crippen LogP contribution in [-0.2, 0) is 11.3 Å². The van der Waals surface area contributed by atoms with Gasteiger partial charge in [0.25, 0.3) is 0 Å².